The highest BCUT2D eigenvalue weighted by Gasteiger charge is 2.21. The number of aromatic nitrogens is 1. The fourth-order valence-corrected chi connectivity index (χ4v) is 4.43. The first-order valence-corrected chi connectivity index (χ1v) is 9.39. The molecule has 2 aromatic heterocycles. The van der Waals surface area contributed by atoms with Crippen LogP contribution in [-0.2, 0) is 9.68 Å². The third-order valence-electron chi connectivity index (χ3n) is 4.21. The van der Waals surface area contributed by atoms with Gasteiger partial charge in [0.2, 0.25) is 0 Å². The van der Waals surface area contributed by atoms with E-state index in [2.05, 4.69) is 26.8 Å². The largest absolute Gasteiger partial charge is 0.399 e. The standard InChI is InChI=1S/C20H16ClN3O2S/c1-25-22-11-15-19(13-7-9-14(21)10-8-13)17(12-23-26-2)24-16-5-3-4-6-18(16)27-20(15)24/h3-12H,1-2H3. The van der Waals surface area contributed by atoms with Gasteiger partial charge in [-0.2, -0.15) is 0 Å². The summed E-state index contributed by atoms with van der Waals surface area (Å²) in [4.78, 5) is 11.0. The number of nitrogens with zero attached hydrogens (tertiary/aromatic N) is 3. The second kappa shape index (κ2) is 7.42. The van der Waals surface area contributed by atoms with E-state index in [9.17, 15) is 0 Å². The lowest BCUT2D eigenvalue weighted by Gasteiger charge is -2.05. The number of rotatable bonds is 5. The second-order valence-electron chi connectivity index (χ2n) is 5.73. The fraction of sp³-hybridized carbons (Fsp3) is 0.100. The summed E-state index contributed by atoms with van der Waals surface area (Å²) < 4.78 is 3.35. The summed E-state index contributed by atoms with van der Waals surface area (Å²) in [7, 11) is 3.06. The SMILES string of the molecule is CON=Cc1c(-c2ccc(Cl)cc2)c(C=NOC)n2c1sc1ccccc12. The van der Waals surface area contributed by atoms with Gasteiger partial charge in [-0.25, -0.2) is 0 Å². The summed E-state index contributed by atoms with van der Waals surface area (Å²) in [5, 5.41) is 8.74. The monoisotopic (exact) mass is 397 g/mol. The Kier molecular flexibility index (Phi) is 4.83. The summed E-state index contributed by atoms with van der Waals surface area (Å²) in [5.41, 5.74) is 4.96. The molecule has 0 fully saturated rings. The number of oxime groups is 2. The molecule has 136 valence electrons. The number of fused-ring (bicyclic) bond motifs is 3. The van der Waals surface area contributed by atoms with E-state index < -0.39 is 0 Å². The maximum Gasteiger partial charge on any atom is 0.110 e. The van der Waals surface area contributed by atoms with Gasteiger partial charge in [0.25, 0.3) is 0 Å². The Bertz CT molecular complexity index is 1160. The molecule has 4 aromatic rings. The average Bonchev–Trinajstić information content (AvgIpc) is 3.20. The average molecular weight is 398 g/mol. The van der Waals surface area contributed by atoms with Crippen LogP contribution in [0.25, 0.3) is 26.2 Å². The van der Waals surface area contributed by atoms with Crippen molar-refractivity contribution in [2.24, 2.45) is 10.3 Å². The van der Waals surface area contributed by atoms with Crippen molar-refractivity contribution in [3.05, 3.63) is 64.8 Å². The van der Waals surface area contributed by atoms with Gasteiger partial charge in [0.05, 0.1) is 28.3 Å². The van der Waals surface area contributed by atoms with E-state index in [0.29, 0.717) is 5.02 Å². The van der Waals surface area contributed by atoms with Crippen molar-refractivity contribution in [2.75, 3.05) is 14.2 Å². The number of benzene rings is 2. The molecule has 0 aliphatic rings. The molecule has 0 aliphatic heterocycles. The third-order valence-corrected chi connectivity index (χ3v) is 5.63. The van der Waals surface area contributed by atoms with Gasteiger partial charge in [-0.15, -0.1) is 11.3 Å². The number of para-hydroxylation sites is 1. The minimum atomic E-state index is 0.685. The van der Waals surface area contributed by atoms with Gasteiger partial charge in [0.15, 0.2) is 0 Å². The van der Waals surface area contributed by atoms with Gasteiger partial charge in [-0.3, -0.25) is 4.40 Å². The summed E-state index contributed by atoms with van der Waals surface area (Å²) in [5.74, 6) is 0. The van der Waals surface area contributed by atoms with Crippen molar-refractivity contribution in [3.63, 3.8) is 0 Å². The van der Waals surface area contributed by atoms with Gasteiger partial charge in [-0.05, 0) is 29.8 Å². The van der Waals surface area contributed by atoms with Crippen LogP contribution >= 0.6 is 22.9 Å². The van der Waals surface area contributed by atoms with Crippen LogP contribution in [0.15, 0.2) is 58.8 Å². The molecule has 0 N–H and O–H groups in total. The van der Waals surface area contributed by atoms with Crippen LogP contribution in [0.5, 0.6) is 0 Å². The number of halogens is 1. The molecule has 0 spiro atoms. The molecule has 0 unspecified atom stereocenters. The van der Waals surface area contributed by atoms with Crippen LogP contribution in [0.1, 0.15) is 11.3 Å². The minimum Gasteiger partial charge on any atom is -0.399 e. The Morgan fingerprint density at radius 1 is 0.963 bits per heavy atom. The molecule has 0 radical (unpaired) electrons. The lowest BCUT2D eigenvalue weighted by Crippen LogP contribution is -1.93. The van der Waals surface area contributed by atoms with Gasteiger partial charge < -0.3 is 9.68 Å². The molecule has 2 aromatic carbocycles. The molecule has 0 saturated carbocycles. The van der Waals surface area contributed by atoms with Gasteiger partial charge >= 0.3 is 0 Å². The molecule has 0 atom stereocenters. The van der Waals surface area contributed by atoms with Gasteiger partial charge in [0.1, 0.15) is 19.0 Å². The predicted octanol–water partition coefficient (Wildman–Crippen LogP) is 5.44. The fourth-order valence-electron chi connectivity index (χ4n) is 3.13. The zero-order valence-electron chi connectivity index (χ0n) is 14.7. The molecule has 2 heterocycles. The number of hydrogen-bond donors (Lipinski definition) is 0. The topological polar surface area (TPSA) is 47.6 Å². The van der Waals surface area contributed by atoms with E-state index in [0.717, 1.165) is 32.7 Å². The lowest BCUT2D eigenvalue weighted by molar-refractivity contribution is 0.215. The Balaban J connectivity index is 2.13. The Morgan fingerprint density at radius 2 is 1.67 bits per heavy atom. The third kappa shape index (κ3) is 3.07. The van der Waals surface area contributed by atoms with Crippen LogP contribution < -0.4 is 0 Å². The van der Waals surface area contributed by atoms with Gasteiger partial charge in [0, 0.05) is 16.1 Å². The van der Waals surface area contributed by atoms with Crippen molar-refractivity contribution < 1.29 is 9.68 Å². The Morgan fingerprint density at radius 3 is 2.41 bits per heavy atom. The van der Waals surface area contributed by atoms with Crippen LogP contribution in [0.4, 0.5) is 0 Å². The van der Waals surface area contributed by atoms with Crippen LogP contribution in [-0.4, -0.2) is 31.0 Å². The number of hydrogen-bond acceptors (Lipinski definition) is 5. The van der Waals surface area contributed by atoms with Crippen LogP contribution in [0.2, 0.25) is 5.02 Å². The predicted molar refractivity (Wildman–Crippen MR) is 112 cm³/mol. The molecule has 0 bridgehead atoms. The smallest absolute Gasteiger partial charge is 0.110 e. The molecule has 7 heteroatoms. The van der Waals surface area contributed by atoms with Crippen molar-refractivity contribution in [3.8, 4) is 11.1 Å². The minimum absolute atomic E-state index is 0.685. The Labute approximate surface area is 165 Å². The molecule has 5 nitrogen and oxygen atoms in total. The molecular weight excluding hydrogens is 382 g/mol. The van der Waals surface area contributed by atoms with Crippen molar-refractivity contribution in [1.29, 1.82) is 0 Å². The van der Waals surface area contributed by atoms with Crippen LogP contribution in [0, 0.1) is 0 Å². The highest BCUT2D eigenvalue weighted by molar-refractivity contribution is 7.24. The lowest BCUT2D eigenvalue weighted by atomic mass is 10.0. The highest BCUT2D eigenvalue weighted by atomic mass is 35.5. The van der Waals surface area contributed by atoms with E-state index in [-0.39, 0.29) is 0 Å². The van der Waals surface area contributed by atoms with E-state index >= 15 is 0 Å². The first-order chi connectivity index (χ1) is 13.2. The Hall–Kier alpha value is -2.83. The first-order valence-electron chi connectivity index (χ1n) is 8.19. The van der Waals surface area contributed by atoms with E-state index in [4.69, 9.17) is 21.3 Å². The maximum atomic E-state index is 6.09. The summed E-state index contributed by atoms with van der Waals surface area (Å²) in [6.07, 6.45) is 3.46. The molecule has 0 aliphatic carbocycles. The van der Waals surface area contributed by atoms with E-state index in [1.807, 2.05) is 36.4 Å². The van der Waals surface area contributed by atoms with Gasteiger partial charge in [-0.1, -0.05) is 46.2 Å². The molecule has 0 amide bonds. The molecular formula is C20H16ClN3O2S. The zero-order valence-corrected chi connectivity index (χ0v) is 16.3. The van der Waals surface area contributed by atoms with E-state index in [1.54, 1.807) is 23.8 Å². The normalized spacial score (nSPS) is 12.0. The van der Waals surface area contributed by atoms with Crippen molar-refractivity contribution in [1.82, 2.24) is 4.40 Å². The summed E-state index contributed by atoms with van der Waals surface area (Å²) >= 11 is 7.78. The quantitative estimate of drug-likeness (QED) is 0.333. The van der Waals surface area contributed by atoms with Crippen molar-refractivity contribution in [2.45, 2.75) is 0 Å². The van der Waals surface area contributed by atoms with Crippen molar-refractivity contribution >= 4 is 50.4 Å². The van der Waals surface area contributed by atoms with Crippen LogP contribution in [0.3, 0.4) is 0 Å². The second-order valence-corrected chi connectivity index (χ2v) is 7.19. The molecule has 27 heavy (non-hydrogen) atoms. The summed E-state index contributed by atoms with van der Waals surface area (Å²) in [6.45, 7) is 0. The zero-order chi connectivity index (χ0) is 18.8. The summed E-state index contributed by atoms with van der Waals surface area (Å²) in [6, 6.07) is 16.0. The first kappa shape index (κ1) is 17.6. The highest BCUT2D eigenvalue weighted by Crippen LogP contribution is 2.38. The molecule has 0 saturated heterocycles. The number of thiazole rings is 1. The molecule has 4 rings (SSSR count). The van der Waals surface area contributed by atoms with E-state index in [1.165, 1.54) is 18.9 Å². The maximum absolute atomic E-state index is 6.09.